The van der Waals surface area contributed by atoms with Crippen LogP contribution in [0.5, 0.6) is 11.5 Å². The first-order chi connectivity index (χ1) is 11.1. The summed E-state index contributed by atoms with van der Waals surface area (Å²) in [5.74, 6) is 0.348. The molecule has 1 N–H and O–H groups in total. The van der Waals surface area contributed by atoms with Crippen LogP contribution in [0, 0.1) is 0 Å². The molecule has 0 atom stereocenters. The number of carboxylic acid groups (broad SMARTS) is 1. The Balaban J connectivity index is 1.95. The van der Waals surface area contributed by atoms with Crippen LogP contribution < -0.4 is 9.47 Å². The van der Waals surface area contributed by atoms with E-state index < -0.39 is 5.97 Å². The molecule has 0 amide bonds. The van der Waals surface area contributed by atoms with Gasteiger partial charge in [0.25, 0.3) is 0 Å². The van der Waals surface area contributed by atoms with Crippen LogP contribution in [-0.2, 0) is 6.54 Å². The maximum atomic E-state index is 10.9. The highest BCUT2D eigenvalue weighted by Crippen LogP contribution is 2.31. The van der Waals surface area contributed by atoms with E-state index in [1.54, 1.807) is 44.8 Å². The van der Waals surface area contributed by atoms with E-state index >= 15 is 0 Å². The predicted octanol–water partition coefficient (Wildman–Crippen LogP) is 2.80. The zero-order valence-corrected chi connectivity index (χ0v) is 12.8. The molecule has 3 rings (SSSR count). The van der Waals surface area contributed by atoms with Gasteiger partial charge in [-0.05, 0) is 17.7 Å². The van der Waals surface area contributed by atoms with Crippen molar-refractivity contribution in [2.24, 2.45) is 0 Å². The first-order valence-electron chi connectivity index (χ1n) is 7.01. The number of benzene rings is 2. The molecule has 6 heteroatoms. The summed E-state index contributed by atoms with van der Waals surface area (Å²) in [4.78, 5) is 15.3. The third-order valence-corrected chi connectivity index (χ3v) is 3.68. The summed E-state index contributed by atoms with van der Waals surface area (Å²) in [6.07, 6.45) is 1.74. The minimum Gasteiger partial charge on any atom is -0.493 e. The van der Waals surface area contributed by atoms with Gasteiger partial charge in [0.2, 0.25) is 0 Å². The minimum atomic E-state index is -0.929. The van der Waals surface area contributed by atoms with Gasteiger partial charge in [-0.25, -0.2) is 9.78 Å². The lowest BCUT2D eigenvalue weighted by Gasteiger charge is -2.09. The van der Waals surface area contributed by atoms with Crippen molar-refractivity contribution >= 4 is 17.0 Å². The van der Waals surface area contributed by atoms with E-state index in [0.29, 0.717) is 18.0 Å². The summed E-state index contributed by atoms with van der Waals surface area (Å²) < 4.78 is 12.6. The summed E-state index contributed by atoms with van der Waals surface area (Å²) >= 11 is 0. The van der Waals surface area contributed by atoms with Crippen molar-refractivity contribution < 1.29 is 19.4 Å². The van der Waals surface area contributed by atoms with E-state index in [0.717, 1.165) is 16.6 Å². The molecule has 0 radical (unpaired) electrons. The summed E-state index contributed by atoms with van der Waals surface area (Å²) in [5.41, 5.74) is 2.99. The number of aromatic carboxylic acids is 1. The Kier molecular flexibility index (Phi) is 3.89. The van der Waals surface area contributed by atoms with Gasteiger partial charge in [-0.1, -0.05) is 12.1 Å². The van der Waals surface area contributed by atoms with Gasteiger partial charge in [0.15, 0.2) is 11.5 Å². The molecule has 118 valence electrons. The molecule has 23 heavy (non-hydrogen) atoms. The molecule has 0 aliphatic rings. The van der Waals surface area contributed by atoms with Crippen molar-refractivity contribution in [3.8, 4) is 11.5 Å². The van der Waals surface area contributed by atoms with Gasteiger partial charge in [-0.3, -0.25) is 0 Å². The maximum Gasteiger partial charge on any atom is 0.335 e. The maximum absolute atomic E-state index is 10.9. The molecule has 1 aromatic heterocycles. The molecule has 0 aliphatic carbocycles. The van der Waals surface area contributed by atoms with Gasteiger partial charge in [-0.15, -0.1) is 0 Å². The van der Waals surface area contributed by atoms with Crippen molar-refractivity contribution in [3.63, 3.8) is 0 Å². The van der Waals surface area contributed by atoms with E-state index in [9.17, 15) is 4.79 Å². The van der Waals surface area contributed by atoms with E-state index in [4.69, 9.17) is 14.6 Å². The summed E-state index contributed by atoms with van der Waals surface area (Å²) in [7, 11) is 3.18. The minimum absolute atomic E-state index is 0.274. The molecule has 1 heterocycles. The lowest BCUT2D eigenvalue weighted by molar-refractivity contribution is 0.0697. The molecule has 3 aromatic rings. The third-order valence-electron chi connectivity index (χ3n) is 3.68. The average molecular weight is 312 g/mol. The van der Waals surface area contributed by atoms with Crippen molar-refractivity contribution in [1.82, 2.24) is 9.55 Å². The van der Waals surface area contributed by atoms with Gasteiger partial charge < -0.3 is 19.1 Å². The number of imidazole rings is 1. The summed E-state index contributed by atoms with van der Waals surface area (Å²) in [6, 6.07) is 10.5. The van der Waals surface area contributed by atoms with Crippen molar-refractivity contribution in [2.75, 3.05) is 14.2 Å². The fraction of sp³-hybridized carbons (Fsp3) is 0.176. The first kappa shape index (κ1) is 14.9. The highest BCUT2D eigenvalue weighted by molar-refractivity contribution is 5.87. The topological polar surface area (TPSA) is 73.6 Å². The van der Waals surface area contributed by atoms with E-state index in [1.165, 1.54) is 0 Å². The van der Waals surface area contributed by atoms with Crippen LogP contribution in [-0.4, -0.2) is 34.8 Å². The number of carbonyl (C=O) groups is 1. The molecule has 0 aliphatic heterocycles. The van der Waals surface area contributed by atoms with Crippen molar-refractivity contribution in [1.29, 1.82) is 0 Å². The second-order valence-electron chi connectivity index (χ2n) is 5.07. The van der Waals surface area contributed by atoms with Crippen LogP contribution in [0.4, 0.5) is 0 Å². The SMILES string of the molecule is COc1cc2ncn(Cc3ccc(C(=O)O)cc3)c2cc1OC. The van der Waals surface area contributed by atoms with Gasteiger partial charge in [-0.2, -0.15) is 0 Å². The smallest absolute Gasteiger partial charge is 0.335 e. The molecule has 0 spiro atoms. The standard InChI is InChI=1S/C17H16N2O4/c1-22-15-7-13-14(8-16(15)23-2)19(10-18-13)9-11-3-5-12(6-4-11)17(20)21/h3-8,10H,9H2,1-2H3,(H,20,21). The van der Waals surface area contributed by atoms with Gasteiger partial charge in [0.1, 0.15) is 0 Å². The Labute approximate surface area is 132 Å². The van der Waals surface area contributed by atoms with Crippen LogP contribution in [0.2, 0.25) is 0 Å². The fourth-order valence-corrected chi connectivity index (χ4v) is 2.46. The van der Waals surface area contributed by atoms with Crippen LogP contribution >= 0.6 is 0 Å². The lowest BCUT2D eigenvalue weighted by atomic mass is 10.1. The Bertz CT molecular complexity index is 853. The zero-order chi connectivity index (χ0) is 16.4. The zero-order valence-electron chi connectivity index (χ0n) is 12.8. The number of hydrogen-bond donors (Lipinski definition) is 1. The Hall–Kier alpha value is -3.02. The lowest BCUT2D eigenvalue weighted by Crippen LogP contribution is -2.00. The number of ether oxygens (including phenoxy) is 2. The number of nitrogens with zero attached hydrogens (tertiary/aromatic N) is 2. The molecule has 0 bridgehead atoms. The number of hydrogen-bond acceptors (Lipinski definition) is 4. The highest BCUT2D eigenvalue weighted by Gasteiger charge is 2.11. The predicted molar refractivity (Wildman–Crippen MR) is 85.3 cm³/mol. The molecule has 6 nitrogen and oxygen atoms in total. The number of methoxy groups -OCH3 is 2. The van der Waals surface area contributed by atoms with Gasteiger partial charge >= 0.3 is 5.97 Å². The van der Waals surface area contributed by atoms with Crippen LogP contribution in [0.3, 0.4) is 0 Å². The number of aromatic nitrogens is 2. The van der Waals surface area contributed by atoms with Crippen LogP contribution in [0.15, 0.2) is 42.7 Å². The molecule has 0 fully saturated rings. The van der Waals surface area contributed by atoms with E-state index in [-0.39, 0.29) is 5.56 Å². The molecular weight excluding hydrogens is 296 g/mol. The van der Waals surface area contributed by atoms with E-state index in [2.05, 4.69) is 4.98 Å². The fourth-order valence-electron chi connectivity index (χ4n) is 2.46. The molecule has 2 aromatic carbocycles. The summed E-state index contributed by atoms with van der Waals surface area (Å²) in [5, 5.41) is 8.94. The Morgan fingerprint density at radius 1 is 1.13 bits per heavy atom. The third kappa shape index (κ3) is 2.83. The van der Waals surface area contributed by atoms with Crippen LogP contribution in [0.25, 0.3) is 11.0 Å². The Morgan fingerprint density at radius 2 is 1.78 bits per heavy atom. The molecule has 0 unspecified atom stereocenters. The second-order valence-corrected chi connectivity index (χ2v) is 5.07. The number of fused-ring (bicyclic) bond motifs is 1. The summed E-state index contributed by atoms with van der Waals surface area (Å²) in [6.45, 7) is 0.589. The highest BCUT2D eigenvalue weighted by atomic mass is 16.5. The monoisotopic (exact) mass is 312 g/mol. The van der Waals surface area contributed by atoms with Gasteiger partial charge in [0.05, 0.1) is 37.1 Å². The average Bonchev–Trinajstić information content (AvgIpc) is 2.96. The van der Waals surface area contributed by atoms with E-state index in [1.807, 2.05) is 16.7 Å². The number of carboxylic acids is 1. The quantitative estimate of drug-likeness (QED) is 0.784. The van der Waals surface area contributed by atoms with Crippen LogP contribution in [0.1, 0.15) is 15.9 Å². The first-order valence-corrected chi connectivity index (χ1v) is 7.01. The largest absolute Gasteiger partial charge is 0.493 e. The number of rotatable bonds is 5. The molecular formula is C17H16N2O4. The van der Waals surface area contributed by atoms with Crippen molar-refractivity contribution in [2.45, 2.75) is 6.54 Å². The molecule has 0 saturated heterocycles. The van der Waals surface area contributed by atoms with Gasteiger partial charge in [0, 0.05) is 18.7 Å². The second kappa shape index (κ2) is 6.00. The van der Waals surface area contributed by atoms with Crippen molar-refractivity contribution in [3.05, 3.63) is 53.9 Å². The Morgan fingerprint density at radius 3 is 2.39 bits per heavy atom. The molecule has 0 saturated carbocycles. The normalized spacial score (nSPS) is 10.7.